The van der Waals surface area contributed by atoms with Gasteiger partial charge in [-0.15, -0.1) is 0 Å². The Balaban J connectivity index is 2.75. The van der Waals surface area contributed by atoms with Gasteiger partial charge in [0.1, 0.15) is 6.54 Å². The number of carbonyl (C=O) groups is 1. The minimum Gasteiger partial charge on any atom is -0.315 e. The first-order valence-corrected chi connectivity index (χ1v) is 4.97. The molecule has 0 saturated heterocycles. The molecule has 1 rings (SSSR count). The third-order valence-corrected chi connectivity index (χ3v) is 2.39. The molecular weight excluding hydrogens is 260 g/mol. The zero-order valence-electron chi connectivity index (χ0n) is 8.09. The van der Waals surface area contributed by atoms with Gasteiger partial charge in [-0.3, -0.25) is 4.79 Å². The van der Waals surface area contributed by atoms with Gasteiger partial charge in [-0.25, -0.2) is 0 Å². The van der Waals surface area contributed by atoms with Crippen LogP contribution in [0.4, 0.5) is 5.69 Å². The lowest BCUT2D eigenvalue weighted by Crippen LogP contribution is -2.28. The van der Waals surface area contributed by atoms with Crippen molar-refractivity contribution >= 4 is 27.5 Å². The van der Waals surface area contributed by atoms with Crippen molar-refractivity contribution in [3.05, 3.63) is 39.2 Å². The van der Waals surface area contributed by atoms with E-state index < -0.39 is 0 Å². The predicted octanol–water partition coefficient (Wildman–Crippen LogP) is 2.72. The van der Waals surface area contributed by atoms with Crippen LogP contribution in [0.25, 0.3) is 10.4 Å². The van der Waals surface area contributed by atoms with Gasteiger partial charge in [-0.1, -0.05) is 21.0 Å². The van der Waals surface area contributed by atoms with E-state index in [4.69, 9.17) is 5.53 Å². The summed E-state index contributed by atoms with van der Waals surface area (Å²) in [6.45, 7) is -0.164. The van der Waals surface area contributed by atoms with E-state index in [9.17, 15) is 4.79 Å². The summed E-state index contributed by atoms with van der Waals surface area (Å²) in [7, 11) is 1.64. The monoisotopic (exact) mass is 268 g/mol. The number of likely N-dealkylation sites (N-methyl/N-ethyl adjacent to an activating group) is 1. The summed E-state index contributed by atoms with van der Waals surface area (Å²) in [6.07, 6.45) is 0. The highest BCUT2D eigenvalue weighted by Gasteiger charge is 2.08. The van der Waals surface area contributed by atoms with Crippen molar-refractivity contribution in [3.8, 4) is 0 Å². The Hall–Kier alpha value is -1.52. The Morgan fingerprint density at radius 3 is 2.67 bits per heavy atom. The van der Waals surface area contributed by atoms with Crippen LogP contribution in [0.2, 0.25) is 0 Å². The molecule has 5 nitrogen and oxygen atoms in total. The number of carbonyl (C=O) groups excluding carboxylic acids is 1. The van der Waals surface area contributed by atoms with Crippen LogP contribution < -0.4 is 4.90 Å². The van der Waals surface area contributed by atoms with Crippen molar-refractivity contribution in [1.82, 2.24) is 0 Å². The second-order valence-electron chi connectivity index (χ2n) is 2.82. The Kier molecular flexibility index (Phi) is 4.15. The summed E-state index contributed by atoms with van der Waals surface area (Å²) in [5, 5.41) is 3.22. The number of nitrogens with zero attached hydrogens (tertiary/aromatic N) is 4. The maximum absolute atomic E-state index is 11.4. The van der Waals surface area contributed by atoms with Crippen LogP contribution in [0.1, 0.15) is 0 Å². The molecule has 0 N–H and O–H groups in total. The highest BCUT2D eigenvalue weighted by Crippen LogP contribution is 2.17. The van der Waals surface area contributed by atoms with Crippen molar-refractivity contribution in [2.45, 2.75) is 0 Å². The fraction of sp³-hybridized carbons (Fsp3) is 0.222. The normalized spacial score (nSPS) is 9.20. The van der Waals surface area contributed by atoms with Crippen molar-refractivity contribution in [1.29, 1.82) is 0 Å². The van der Waals surface area contributed by atoms with Crippen LogP contribution >= 0.6 is 15.9 Å². The smallest absolute Gasteiger partial charge is 0.232 e. The fourth-order valence-corrected chi connectivity index (χ4v) is 1.27. The highest BCUT2D eigenvalue weighted by atomic mass is 79.9. The summed E-state index contributed by atoms with van der Waals surface area (Å²) < 4.78 is 0.946. The largest absolute Gasteiger partial charge is 0.315 e. The first kappa shape index (κ1) is 11.6. The highest BCUT2D eigenvalue weighted by molar-refractivity contribution is 9.10. The van der Waals surface area contributed by atoms with Crippen molar-refractivity contribution in [2.75, 3.05) is 18.5 Å². The molecule has 0 fully saturated rings. The standard InChI is InChI=1S/C9H9BrN4O/c1-14(9(15)6-12-13-11)8-4-2-7(10)3-5-8/h2-5H,6H2,1H3. The SMILES string of the molecule is CN(C(=O)CN=[N+]=[N-])c1ccc(Br)cc1. The van der Waals surface area contributed by atoms with Gasteiger partial charge in [-0.2, -0.15) is 0 Å². The zero-order valence-corrected chi connectivity index (χ0v) is 9.68. The van der Waals surface area contributed by atoms with Gasteiger partial charge in [0, 0.05) is 22.1 Å². The number of amides is 1. The van der Waals surface area contributed by atoms with E-state index in [1.807, 2.05) is 12.1 Å². The predicted molar refractivity (Wildman–Crippen MR) is 61.6 cm³/mol. The molecule has 0 radical (unpaired) electrons. The molecule has 15 heavy (non-hydrogen) atoms. The molecular formula is C9H9BrN4O. The summed E-state index contributed by atoms with van der Waals surface area (Å²) in [4.78, 5) is 15.4. The van der Waals surface area contributed by atoms with E-state index in [0.29, 0.717) is 0 Å². The molecule has 0 unspecified atom stereocenters. The molecule has 0 aliphatic carbocycles. The first-order valence-electron chi connectivity index (χ1n) is 4.18. The van der Waals surface area contributed by atoms with E-state index in [-0.39, 0.29) is 12.5 Å². The van der Waals surface area contributed by atoms with E-state index >= 15 is 0 Å². The topological polar surface area (TPSA) is 69.1 Å². The Morgan fingerprint density at radius 1 is 1.53 bits per heavy atom. The van der Waals surface area contributed by atoms with E-state index in [1.54, 1.807) is 19.2 Å². The third kappa shape index (κ3) is 3.27. The lowest BCUT2D eigenvalue weighted by atomic mass is 10.3. The number of rotatable bonds is 3. The number of halogens is 1. The fourth-order valence-electron chi connectivity index (χ4n) is 1.01. The van der Waals surface area contributed by atoms with Crippen molar-refractivity contribution in [3.63, 3.8) is 0 Å². The van der Waals surface area contributed by atoms with Crippen LogP contribution in [-0.2, 0) is 4.79 Å². The molecule has 1 aromatic rings. The second kappa shape index (κ2) is 5.38. The summed E-state index contributed by atoms with van der Waals surface area (Å²) >= 11 is 3.30. The average molecular weight is 269 g/mol. The molecule has 6 heteroatoms. The van der Waals surface area contributed by atoms with Gasteiger partial charge in [-0.05, 0) is 29.8 Å². The van der Waals surface area contributed by atoms with Gasteiger partial charge in [0.05, 0.1) is 0 Å². The second-order valence-corrected chi connectivity index (χ2v) is 3.73. The molecule has 0 saturated carbocycles. The first-order chi connectivity index (χ1) is 7.15. The minimum absolute atomic E-state index is 0.164. The summed E-state index contributed by atoms with van der Waals surface area (Å²) in [5.74, 6) is -0.241. The molecule has 0 spiro atoms. The third-order valence-electron chi connectivity index (χ3n) is 1.86. The molecule has 0 aromatic heterocycles. The van der Waals surface area contributed by atoms with Crippen molar-refractivity contribution < 1.29 is 4.79 Å². The molecule has 0 aliphatic rings. The van der Waals surface area contributed by atoms with Crippen LogP contribution in [0, 0.1) is 0 Å². The van der Waals surface area contributed by atoms with Gasteiger partial charge >= 0.3 is 0 Å². The van der Waals surface area contributed by atoms with Gasteiger partial charge in [0.2, 0.25) is 5.91 Å². The Bertz CT molecular complexity index is 397. The average Bonchev–Trinajstić information content (AvgIpc) is 2.26. The lowest BCUT2D eigenvalue weighted by Gasteiger charge is -2.15. The molecule has 78 valence electrons. The number of benzene rings is 1. The zero-order chi connectivity index (χ0) is 11.3. The molecule has 0 aliphatic heterocycles. The quantitative estimate of drug-likeness (QED) is 0.472. The Morgan fingerprint density at radius 2 is 2.13 bits per heavy atom. The summed E-state index contributed by atoms with van der Waals surface area (Å²) in [5.41, 5.74) is 8.85. The van der Waals surface area contributed by atoms with Crippen molar-refractivity contribution in [2.24, 2.45) is 5.11 Å². The van der Waals surface area contributed by atoms with Crippen LogP contribution in [-0.4, -0.2) is 19.5 Å². The van der Waals surface area contributed by atoms with Crippen LogP contribution in [0.3, 0.4) is 0 Å². The summed E-state index contributed by atoms with van der Waals surface area (Å²) in [6, 6.07) is 7.29. The number of anilines is 1. The Labute approximate surface area is 95.4 Å². The lowest BCUT2D eigenvalue weighted by molar-refractivity contribution is -0.117. The molecule has 1 amide bonds. The molecule has 1 aromatic carbocycles. The van der Waals surface area contributed by atoms with E-state index in [0.717, 1.165) is 10.2 Å². The molecule has 0 heterocycles. The molecule has 0 bridgehead atoms. The van der Waals surface area contributed by atoms with Crippen LogP contribution in [0.5, 0.6) is 0 Å². The molecule has 0 atom stereocenters. The van der Waals surface area contributed by atoms with E-state index in [2.05, 4.69) is 26.0 Å². The maximum Gasteiger partial charge on any atom is 0.232 e. The van der Waals surface area contributed by atoms with Crippen LogP contribution in [0.15, 0.2) is 33.9 Å². The maximum atomic E-state index is 11.4. The number of hydrogen-bond acceptors (Lipinski definition) is 2. The number of azide groups is 1. The van der Waals surface area contributed by atoms with Gasteiger partial charge in [0.15, 0.2) is 0 Å². The minimum atomic E-state index is -0.241. The number of hydrogen-bond donors (Lipinski definition) is 0. The van der Waals surface area contributed by atoms with E-state index in [1.165, 1.54) is 4.90 Å². The van der Waals surface area contributed by atoms with Gasteiger partial charge < -0.3 is 4.90 Å². The van der Waals surface area contributed by atoms with Gasteiger partial charge in [0.25, 0.3) is 0 Å².